The van der Waals surface area contributed by atoms with Gasteiger partial charge in [-0.05, 0) is 88.0 Å². The summed E-state index contributed by atoms with van der Waals surface area (Å²) in [7, 11) is 0. The van der Waals surface area contributed by atoms with Gasteiger partial charge in [0, 0.05) is 41.4 Å². The lowest BCUT2D eigenvalue weighted by Crippen LogP contribution is -2.27. The molecule has 0 saturated carbocycles. The molecule has 1 aliphatic heterocycles. The molecule has 2 aromatic carbocycles. The number of halogens is 8. The summed E-state index contributed by atoms with van der Waals surface area (Å²) in [5, 5.41) is -0.107. The SMILES string of the molecule is ClC[C@@H]1COc2cc(Br)c(Br)cc2OC[C@@H](CCl)S[C@@H](CCl)COc2cc(Br)c(Br)cc2OC[C@@H](CCl)S1. The molecule has 0 spiro atoms. The maximum atomic E-state index is 6.32. The van der Waals surface area contributed by atoms with Gasteiger partial charge in [0.15, 0.2) is 23.0 Å². The van der Waals surface area contributed by atoms with Crippen LogP contribution in [-0.4, -0.2) is 70.9 Å². The highest BCUT2D eigenvalue weighted by Gasteiger charge is 2.23. The second-order valence-corrected chi connectivity index (χ2v) is 15.9. The second-order valence-electron chi connectivity index (χ2n) is 8.05. The van der Waals surface area contributed by atoms with E-state index in [0.29, 0.717) is 72.9 Å². The normalized spacial score (nSPS) is 23.4. The van der Waals surface area contributed by atoms with E-state index in [0.717, 1.165) is 17.9 Å². The van der Waals surface area contributed by atoms with Crippen molar-refractivity contribution in [3.05, 3.63) is 42.2 Å². The van der Waals surface area contributed by atoms with Crippen molar-refractivity contribution in [3.8, 4) is 23.0 Å². The van der Waals surface area contributed by atoms with Crippen LogP contribution in [-0.2, 0) is 0 Å². The summed E-state index contributed by atoms with van der Waals surface area (Å²) in [6, 6.07) is 7.50. The van der Waals surface area contributed by atoms with Crippen molar-refractivity contribution in [2.24, 2.45) is 0 Å². The van der Waals surface area contributed by atoms with Crippen LogP contribution in [0, 0.1) is 0 Å². The Balaban J connectivity index is 1.91. The third kappa shape index (κ3) is 10.3. The van der Waals surface area contributed by atoms with Gasteiger partial charge in [0.05, 0.1) is 21.0 Å². The summed E-state index contributed by atoms with van der Waals surface area (Å²) < 4.78 is 28.2. The fourth-order valence-corrected chi connectivity index (χ4v) is 7.71. The number of ether oxygens (including phenoxy) is 4. The molecule has 0 amide bonds. The van der Waals surface area contributed by atoms with Crippen LogP contribution in [0.3, 0.4) is 0 Å². The zero-order chi connectivity index (χ0) is 27.7. The van der Waals surface area contributed by atoms with E-state index in [1.165, 1.54) is 0 Å². The molecule has 0 aromatic heterocycles. The number of hydrogen-bond donors (Lipinski definition) is 0. The summed E-state index contributed by atoms with van der Waals surface area (Å²) in [4.78, 5) is 0. The third-order valence-electron chi connectivity index (χ3n) is 5.13. The molecule has 0 bridgehead atoms. The molecule has 0 aliphatic carbocycles. The van der Waals surface area contributed by atoms with Gasteiger partial charge in [0.25, 0.3) is 0 Å². The van der Waals surface area contributed by atoms with E-state index in [1.807, 2.05) is 24.3 Å². The van der Waals surface area contributed by atoms with Crippen molar-refractivity contribution < 1.29 is 18.9 Å². The zero-order valence-corrected chi connectivity index (χ0v) is 30.7. The van der Waals surface area contributed by atoms with Gasteiger partial charge in [-0.1, -0.05) is 0 Å². The van der Waals surface area contributed by atoms with Crippen LogP contribution < -0.4 is 18.9 Å². The number of fused-ring (bicyclic) bond motifs is 2. The van der Waals surface area contributed by atoms with Crippen molar-refractivity contribution in [1.29, 1.82) is 0 Å². The summed E-state index contributed by atoms with van der Waals surface area (Å²) in [6.45, 7) is 1.47. The Kier molecular flexibility index (Phi) is 15.6. The first kappa shape index (κ1) is 33.9. The summed E-state index contributed by atoms with van der Waals surface area (Å²) in [5.41, 5.74) is 0. The van der Waals surface area contributed by atoms with Crippen LogP contribution in [0.15, 0.2) is 42.2 Å². The minimum atomic E-state index is -0.0267. The molecular formula is C24H24Br4Cl4O4S2. The van der Waals surface area contributed by atoms with E-state index in [-0.39, 0.29) is 21.0 Å². The van der Waals surface area contributed by atoms with E-state index in [4.69, 9.17) is 65.4 Å². The highest BCUT2D eigenvalue weighted by Crippen LogP contribution is 2.39. The summed E-state index contributed by atoms with van der Waals surface area (Å²) in [5.74, 6) is 3.96. The Labute approximate surface area is 285 Å². The quantitative estimate of drug-likeness (QED) is 0.285. The molecule has 14 heteroatoms. The van der Waals surface area contributed by atoms with Gasteiger partial charge in [-0.15, -0.1) is 69.9 Å². The molecule has 0 N–H and O–H groups in total. The van der Waals surface area contributed by atoms with E-state index in [2.05, 4.69) is 63.7 Å². The molecule has 3 rings (SSSR count). The molecule has 0 radical (unpaired) electrons. The van der Waals surface area contributed by atoms with Gasteiger partial charge in [-0.2, -0.15) is 0 Å². The number of thioether (sulfide) groups is 2. The standard InChI is InChI=1S/C24H24Br4Cl4O4S2/c25-17-1-21-22(2-18(17)26)34-10-14(6-30)38-16(8-32)12-36-24-4-20(28)19(27)3-23(24)35-11-15(7-31)37-13(5-29)9-33-21/h1-4,13-16H,5-12H2/t13-,14-,15-,16+/m1/s1. The van der Waals surface area contributed by atoms with Crippen molar-refractivity contribution in [1.82, 2.24) is 0 Å². The molecule has 212 valence electrons. The third-order valence-corrected chi connectivity index (χ3v) is 13.8. The summed E-state index contributed by atoms with van der Waals surface area (Å²) >= 11 is 42.7. The molecule has 0 saturated heterocycles. The van der Waals surface area contributed by atoms with Crippen molar-refractivity contribution >= 4 is 134 Å². The van der Waals surface area contributed by atoms with E-state index in [9.17, 15) is 0 Å². The van der Waals surface area contributed by atoms with Crippen molar-refractivity contribution in [2.45, 2.75) is 21.0 Å². The lowest BCUT2D eigenvalue weighted by Gasteiger charge is -2.25. The lowest BCUT2D eigenvalue weighted by atomic mass is 10.3. The molecule has 4 nitrogen and oxygen atoms in total. The molecule has 0 fully saturated rings. The van der Waals surface area contributed by atoms with Crippen molar-refractivity contribution in [3.63, 3.8) is 0 Å². The molecule has 1 heterocycles. The first-order chi connectivity index (χ1) is 18.3. The largest absolute Gasteiger partial charge is 0.488 e. The molecule has 38 heavy (non-hydrogen) atoms. The number of hydrogen-bond acceptors (Lipinski definition) is 6. The fraction of sp³-hybridized carbons (Fsp3) is 0.500. The Morgan fingerprint density at radius 2 is 0.711 bits per heavy atom. The first-order valence-corrected chi connectivity index (χ1v) is 18.5. The Hall–Kier alpha value is 1.42. The molecule has 1 aliphatic rings. The van der Waals surface area contributed by atoms with Crippen molar-refractivity contribution in [2.75, 3.05) is 49.9 Å². The fourth-order valence-electron chi connectivity index (χ4n) is 3.23. The smallest absolute Gasteiger partial charge is 0.162 e. The van der Waals surface area contributed by atoms with Gasteiger partial charge in [-0.25, -0.2) is 0 Å². The maximum absolute atomic E-state index is 6.32. The minimum Gasteiger partial charge on any atom is -0.488 e. The average molecular weight is 902 g/mol. The Bertz CT molecular complexity index is 899. The second kappa shape index (κ2) is 17.5. The Morgan fingerprint density at radius 3 is 0.895 bits per heavy atom. The zero-order valence-electron chi connectivity index (χ0n) is 19.7. The molecule has 0 unspecified atom stereocenters. The summed E-state index contributed by atoms with van der Waals surface area (Å²) in [6.07, 6.45) is 0. The minimum absolute atomic E-state index is 0.0267. The van der Waals surface area contributed by atoms with Gasteiger partial charge >= 0.3 is 0 Å². The first-order valence-electron chi connectivity index (χ1n) is 11.3. The van der Waals surface area contributed by atoms with Gasteiger partial charge in [-0.3, -0.25) is 0 Å². The number of benzene rings is 2. The van der Waals surface area contributed by atoms with Crippen LogP contribution in [0.25, 0.3) is 0 Å². The molecular weight excluding hydrogens is 878 g/mol. The van der Waals surface area contributed by atoms with Crippen LogP contribution in [0.2, 0.25) is 0 Å². The van der Waals surface area contributed by atoms with Crippen LogP contribution >= 0.6 is 134 Å². The predicted molar refractivity (Wildman–Crippen MR) is 179 cm³/mol. The van der Waals surface area contributed by atoms with E-state index >= 15 is 0 Å². The van der Waals surface area contributed by atoms with Gasteiger partial charge in [0.1, 0.15) is 26.4 Å². The monoisotopic (exact) mass is 896 g/mol. The maximum Gasteiger partial charge on any atom is 0.162 e. The van der Waals surface area contributed by atoms with Gasteiger partial charge in [0.2, 0.25) is 0 Å². The predicted octanol–water partition coefficient (Wildman–Crippen LogP) is 9.86. The lowest BCUT2D eigenvalue weighted by molar-refractivity contribution is 0.266. The Morgan fingerprint density at radius 1 is 0.500 bits per heavy atom. The topological polar surface area (TPSA) is 36.9 Å². The average Bonchev–Trinajstić information content (AvgIpc) is 2.91. The van der Waals surface area contributed by atoms with Crippen LogP contribution in [0.1, 0.15) is 0 Å². The van der Waals surface area contributed by atoms with E-state index in [1.54, 1.807) is 23.5 Å². The highest BCUT2D eigenvalue weighted by atomic mass is 79.9. The number of alkyl halides is 4. The number of rotatable bonds is 4. The molecule has 4 atom stereocenters. The van der Waals surface area contributed by atoms with Gasteiger partial charge < -0.3 is 18.9 Å². The molecule has 2 aromatic rings. The van der Waals surface area contributed by atoms with Crippen LogP contribution in [0.4, 0.5) is 0 Å². The highest BCUT2D eigenvalue weighted by molar-refractivity contribution is 9.13. The van der Waals surface area contributed by atoms with E-state index < -0.39 is 0 Å². The van der Waals surface area contributed by atoms with Crippen LogP contribution in [0.5, 0.6) is 23.0 Å².